The molecule has 0 aliphatic carbocycles. The molecule has 2 heterocycles. The molecule has 0 radical (unpaired) electrons. The van der Waals surface area contributed by atoms with Gasteiger partial charge in [0.2, 0.25) is 0 Å². The Bertz CT molecular complexity index is 904. The summed E-state index contributed by atoms with van der Waals surface area (Å²) in [5.74, 6) is 0.0530. The standard InChI is InChI=1S/C20H19FN2O2/c1-20(2)18(22)15-5-3-4-6-16(15)23(20)19(24)13-9-12-10-14(21)7-8-17(12)25-11-13/h3-10,18H,11,22H2,1-2H3. The van der Waals surface area contributed by atoms with E-state index in [1.165, 1.54) is 12.1 Å². The minimum Gasteiger partial charge on any atom is -0.488 e. The predicted octanol–water partition coefficient (Wildman–Crippen LogP) is 3.43. The van der Waals surface area contributed by atoms with E-state index in [0.29, 0.717) is 16.9 Å². The number of anilines is 1. The van der Waals surface area contributed by atoms with Gasteiger partial charge in [0.25, 0.3) is 5.91 Å². The number of carbonyl (C=O) groups is 1. The van der Waals surface area contributed by atoms with Gasteiger partial charge in [-0.2, -0.15) is 0 Å². The lowest BCUT2D eigenvalue weighted by atomic mass is 9.93. The lowest BCUT2D eigenvalue weighted by Gasteiger charge is -2.36. The second-order valence-corrected chi connectivity index (χ2v) is 6.97. The maximum absolute atomic E-state index is 13.5. The van der Waals surface area contributed by atoms with Gasteiger partial charge < -0.3 is 15.4 Å². The molecule has 0 saturated heterocycles. The van der Waals surface area contributed by atoms with E-state index in [1.807, 2.05) is 38.1 Å². The summed E-state index contributed by atoms with van der Waals surface area (Å²) in [6.07, 6.45) is 1.70. The van der Waals surface area contributed by atoms with Crippen LogP contribution in [0.2, 0.25) is 0 Å². The number of fused-ring (bicyclic) bond motifs is 2. The Morgan fingerprint density at radius 1 is 1.28 bits per heavy atom. The van der Waals surface area contributed by atoms with Gasteiger partial charge in [-0.05, 0) is 49.8 Å². The number of hydrogen-bond acceptors (Lipinski definition) is 3. The summed E-state index contributed by atoms with van der Waals surface area (Å²) in [6, 6.07) is 11.7. The topological polar surface area (TPSA) is 55.6 Å². The molecule has 2 aliphatic rings. The minimum absolute atomic E-state index is 0.154. The Morgan fingerprint density at radius 2 is 2.04 bits per heavy atom. The third-order valence-electron chi connectivity index (χ3n) is 5.01. The van der Waals surface area contributed by atoms with Gasteiger partial charge in [-0.1, -0.05) is 18.2 Å². The zero-order valence-corrected chi connectivity index (χ0v) is 14.1. The molecule has 2 aliphatic heterocycles. The molecule has 1 amide bonds. The molecule has 2 aromatic rings. The van der Waals surface area contributed by atoms with Crippen LogP contribution >= 0.6 is 0 Å². The highest BCUT2D eigenvalue weighted by Crippen LogP contribution is 2.45. The van der Waals surface area contributed by atoms with E-state index in [9.17, 15) is 9.18 Å². The Morgan fingerprint density at radius 3 is 2.84 bits per heavy atom. The van der Waals surface area contributed by atoms with Crippen molar-refractivity contribution >= 4 is 17.7 Å². The lowest BCUT2D eigenvalue weighted by molar-refractivity contribution is -0.116. The summed E-state index contributed by atoms with van der Waals surface area (Å²) >= 11 is 0. The van der Waals surface area contributed by atoms with Crippen molar-refractivity contribution in [3.8, 4) is 5.75 Å². The summed E-state index contributed by atoms with van der Waals surface area (Å²) in [6.45, 7) is 4.06. The molecule has 1 atom stereocenters. The van der Waals surface area contributed by atoms with Crippen molar-refractivity contribution in [2.45, 2.75) is 25.4 Å². The largest absolute Gasteiger partial charge is 0.488 e. The van der Waals surface area contributed by atoms with Crippen LogP contribution < -0.4 is 15.4 Å². The number of hydrogen-bond donors (Lipinski definition) is 1. The number of para-hydroxylation sites is 1. The summed E-state index contributed by atoms with van der Waals surface area (Å²) in [5, 5.41) is 0. The molecular weight excluding hydrogens is 319 g/mol. The smallest absolute Gasteiger partial charge is 0.258 e. The van der Waals surface area contributed by atoms with Crippen molar-refractivity contribution in [2.75, 3.05) is 11.5 Å². The maximum Gasteiger partial charge on any atom is 0.258 e. The van der Waals surface area contributed by atoms with Crippen LogP contribution in [-0.2, 0) is 4.79 Å². The molecule has 0 saturated carbocycles. The van der Waals surface area contributed by atoms with E-state index < -0.39 is 5.54 Å². The zero-order valence-electron chi connectivity index (χ0n) is 14.1. The molecule has 128 valence electrons. The van der Waals surface area contributed by atoms with Crippen LogP contribution in [0.25, 0.3) is 6.08 Å². The van der Waals surface area contributed by atoms with Gasteiger partial charge in [0.05, 0.1) is 17.2 Å². The van der Waals surface area contributed by atoms with Crippen LogP contribution in [0, 0.1) is 5.82 Å². The van der Waals surface area contributed by atoms with Gasteiger partial charge in [-0.15, -0.1) is 0 Å². The molecule has 0 spiro atoms. The van der Waals surface area contributed by atoms with Crippen LogP contribution in [0.4, 0.5) is 10.1 Å². The van der Waals surface area contributed by atoms with E-state index in [-0.39, 0.29) is 24.4 Å². The highest BCUT2D eigenvalue weighted by molar-refractivity contribution is 6.11. The molecule has 2 N–H and O–H groups in total. The Kier molecular flexibility index (Phi) is 3.44. The molecule has 4 nitrogen and oxygen atoms in total. The second-order valence-electron chi connectivity index (χ2n) is 6.97. The van der Waals surface area contributed by atoms with Gasteiger partial charge >= 0.3 is 0 Å². The number of carbonyl (C=O) groups excluding carboxylic acids is 1. The molecule has 0 bridgehead atoms. The monoisotopic (exact) mass is 338 g/mol. The predicted molar refractivity (Wildman–Crippen MR) is 94.8 cm³/mol. The van der Waals surface area contributed by atoms with Crippen LogP contribution in [-0.4, -0.2) is 18.1 Å². The fourth-order valence-electron chi connectivity index (χ4n) is 3.57. The third kappa shape index (κ3) is 2.35. The summed E-state index contributed by atoms with van der Waals surface area (Å²) in [7, 11) is 0. The molecule has 1 unspecified atom stereocenters. The fourth-order valence-corrected chi connectivity index (χ4v) is 3.57. The fraction of sp³-hybridized carbons (Fsp3) is 0.250. The second kappa shape index (κ2) is 5.43. The lowest BCUT2D eigenvalue weighted by Crippen LogP contribution is -2.50. The van der Waals surface area contributed by atoms with Crippen molar-refractivity contribution in [3.63, 3.8) is 0 Å². The number of nitrogens with two attached hydrogens (primary N) is 1. The van der Waals surface area contributed by atoms with Gasteiger partial charge in [-0.25, -0.2) is 4.39 Å². The Labute approximate surface area is 145 Å². The Hall–Kier alpha value is -2.66. The number of benzene rings is 2. The van der Waals surface area contributed by atoms with Crippen molar-refractivity contribution in [1.82, 2.24) is 0 Å². The number of amides is 1. The minimum atomic E-state index is -0.566. The van der Waals surface area contributed by atoms with Crippen LogP contribution in [0.15, 0.2) is 48.0 Å². The molecule has 4 rings (SSSR count). The number of rotatable bonds is 1. The average molecular weight is 338 g/mol. The van der Waals surface area contributed by atoms with E-state index in [2.05, 4.69) is 0 Å². The van der Waals surface area contributed by atoms with E-state index >= 15 is 0 Å². The first-order valence-corrected chi connectivity index (χ1v) is 8.21. The van der Waals surface area contributed by atoms with E-state index in [1.54, 1.807) is 17.0 Å². The third-order valence-corrected chi connectivity index (χ3v) is 5.01. The molecule has 0 aromatic heterocycles. The first-order valence-electron chi connectivity index (χ1n) is 8.21. The summed E-state index contributed by atoms with van der Waals surface area (Å²) < 4.78 is 19.1. The average Bonchev–Trinajstić information content (AvgIpc) is 2.80. The maximum atomic E-state index is 13.5. The molecule has 5 heteroatoms. The van der Waals surface area contributed by atoms with Gasteiger partial charge in [0.15, 0.2) is 0 Å². The number of nitrogens with zero attached hydrogens (tertiary/aromatic N) is 1. The summed E-state index contributed by atoms with van der Waals surface area (Å²) in [4.78, 5) is 15.0. The number of halogens is 1. The van der Waals surface area contributed by atoms with Crippen molar-refractivity contribution in [3.05, 3.63) is 65.0 Å². The van der Waals surface area contributed by atoms with Crippen molar-refractivity contribution in [2.24, 2.45) is 5.73 Å². The first kappa shape index (κ1) is 15.8. The SMILES string of the molecule is CC1(C)C(N)c2ccccc2N1C(=O)C1=Cc2cc(F)ccc2OC1. The van der Waals surface area contributed by atoms with E-state index in [0.717, 1.165) is 11.3 Å². The van der Waals surface area contributed by atoms with Gasteiger partial charge in [-0.3, -0.25) is 4.79 Å². The molecular formula is C20H19FN2O2. The number of ether oxygens (including phenoxy) is 1. The molecule has 0 fully saturated rings. The van der Waals surface area contributed by atoms with Gasteiger partial charge in [0, 0.05) is 11.3 Å². The van der Waals surface area contributed by atoms with Crippen LogP contribution in [0.5, 0.6) is 5.75 Å². The quantitative estimate of drug-likeness (QED) is 0.867. The first-order chi connectivity index (χ1) is 11.9. The normalized spacial score (nSPS) is 20.4. The highest BCUT2D eigenvalue weighted by Gasteiger charge is 2.46. The van der Waals surface area contributed by atoms with Gasteiger partial charge in [0.1, 0.15) is 18.2 Å². The van der Waals surface area contributed by atoms with Crippen molar-refractivity contribution < 1.29 is 13.9 Å². The highest BCUT2D eigenvalue weighted by atomic mass is 19.1. The van der Waals surface area contributed by atoms with Crippen molar-refractivity contribution in [1.29, 1.82) is 0 Å². The Balaban J connectivity index is 1.77. The zero-order chi connectivity index (χ0) is 17.8. The molecule has 25 heavy (non-hydrogen) atoms. The van der Waals surface area contributed by atoms with Crippen LogP contribution in [0.1, 0.15) is 31.0 Å². The van der Waals surface area contributed by atoms with Crippen LogP contribution in [0.3, 0.4) is 0 Å². The molecule has 2 aromatic carbocycles. The van der Waals surface area contributed by atoms with E-state index in [4.69, 9.17) is 10.5 Å². The summed E-state index contributed by atoms with van der Waals surface area (Å²) in [5.41, 5.74) is 8.64.